The van der Waals surface area contributed by atoms with Gasteiger partial charge in [0.1, 0.15) is 0 Å². The molecule has 0 radical (unpaired) electrons. The first-order valence-corrected chi connectivity index (χ1v) is 14.5. The number of aromatic amines is 1. The zero-order valence-corrected chi connectivity index (χ0v) is 23.5. The third kappa shape index (κ3) is 7.30. The average Bonchev–Trinajstić information content (AvgIpc) is 3.68. The van der Waals surface area contributed by atoms with E-state index in [-0.39, 0.29) is 5.56 Å². The molecular weight excluding hydrogens is 504 g/mol. The number of amides is 1. The third-order valence-electron chi connectivity index (χ3n) is 6.84. The molecule has 1 atom stereocenters. The standard InChI is InChI=1S/C25H30ClN3OS.C4H7NO/c1-15-10-16(2)12-17(11-15)23-24(31-9-7-18-6-4-5-8-28-18)19-13-22(27-3)20(26)14-21(19)29-25(23)30;6-3-5-4-1-2-4/h10-14,18,27-28H,4-9H2,1-3H3,(H,29,30);3-4H,1-2H2,(H,5,6). The Kier molecular flexibility index (Phi) is 9.57. The molecule has 1 aromatic heterocycles. The second kappa shape index (κ2) is 12.9. The molecule has 2 aliphatic rings. The number of H-pyrrole nitrogens is 1. The Balaban J connectivity index is 0.000000469. The number of fused-ring (bicyclic) bond motifs is 1. The van der Waals surface area contributed by atoms with Gasteiger partial charge >= 0.3 is 0 Å². The number of hydrogen-bond acceptors (Lipinski definition) is 5. The second-order valence-corrected chi connectivity index (χ2v) is 11.5. The normalized spacial score (nSPS) is 17.1. The van der Waals surface area contributed by atoms with Gasteiger partial charge in [0.15, 0.2) is 0 Å². The molecule has 1 unspecified atom stereocenters. The predicted octanol–water partition coefficient (Wildman–Crippen LogP) is 6.03. The number of piperidine rings is 1. The molecule has 2 heterocycles. The van der Waals surface area contributed by atoms with Crippen molar-refractivity contribution < 1.29 is 4.79 Å². The average molecular weight is 541 g/mol. The van der Waals surface area contributed by atoms with Crippen molar-refractivity contribution in [2.75, 3.05) is 24.7 Å². The molecule has 1 saturated heterocycles. The van der Waals surface area contributed by atoms with Crippen LogP contribution in [-0.4, -0.2) is 42.8 Å². The maximum Gasteiger partial charge on any atom is 0.257 e. The number of halogens is 1. The Hall–Kier alpha value is -2.48. The highest BCUT2D eigenvalue weighted by molar-refractivity contribution is 7.99. The van der Waals surface area contributed by atoms with Gasteiger partial charge in [0.25, 0.3) is 5.56 Å². The van der Waals surface area contributed by atoms with Gasteiger partial charge in [0, 0.05) is 29.4 Å². The quantitative estimate of drug-likeness (QED) is 0.207. The molecule has 4 N–H and O–H groups in total. The molecule has 37 heavy (non-hydrogen) atoms. The van der Waals surface area contributed by atoms with Crippen LogP contribution < -0.4 is 21.5 Å². The summed E-state index contributed by atoms with van der Waals surface area (Å²) in [6.07, 6.45) is 8.02. The molecule has 198 valence electrons. The van der Waals surface area contributed by atoms with Crippen molar-refractivity contribution in [2.24, 2.45) is 0 Å². The summed E-state index contributed by atoms with van der Waals surface area (Å²) in [6, 6.07) is 11.3. The summed E-state index contributed by atoms with van der Waals surface area (Å²) in [4.78, 5) is 26.9. The Bertz CT molecular complexity index is 1280. The summed E-state index contributed by atoms with van der Waals surface area (Å²) in [5.74, 6) is 0.964. The van der Waals surface area contributed by atoms with Crippen LogP contribution in [0.3, 0.4) is 0 Å². The molecule has 3 aromatic rings. The van der Waals surface area contributed by atoms with Gasteiger partial charge in [-0.2, -0.15) is 0 Å². The SMILES string of the molecule is CNc1cc2c(SCCC3CCCCN3)c(-c3cc(C)cc(C)c3)c(=O)[nH]c2cc1Cl.O=CNC1CC1. The highest BCUT2D eigenvalue weighted by atomic mass is 35.5. The Morgan fingerprint density at radius 3 is 2.43 bits per heavy atom. The number of benzene rings is 2. The molecule has 0 bridgehead atoms. The van der Waals surface area contributed by atoms with E-state index < -0.39 is 0 Å². The molecule has 1 aliphatic carbocycles. The van der Waals surface area contributed by atoms with E-state index in [4.69, 9.17) is 11.6 Å². The summed E-state index contributed by atoms with van der Waals surface area (Å²) in [6.45, 7) is 5.26. The van der Waals surface area contributed by atoms with E-state index in [0.717, 1.165) is 68.9 Å². The number of carbonyl (C=O) groups excluding carboxylic acids is 1. The fourth-order valence-electron chi connectivity index (χ4n) is 4.83. The zero-order valence-electron chi connectivity index (χ0n) is 21.9. The topological polar surface area (TPSA) is 86.0 Å². The van der Waals surface area contributed by atoms with Gasteiger partial charge in [0.05, 0.1) is 21.8 Å². The molecule has 2 aromatic carbocycles. The van der Waals surface area contributed by atoms with E-state index >= 15 is 0 Å². The molecule has 1 saturated carbocycles. The number of aryl methyl sites for hydroxylation is 2. The predicted molar refractivity (Wildman–Crippen MR) is 157 cm³/mol. The summed E-state index contributed by atoms with van der Waals surface area (Å²) < 4.78 is 0. The lowest BCUT2D eigenvalue weighted by Gasteiger charge is -2.23. The highest BCUT2D eigenvalue weighted by Gasteiger charge is 2.20. The minimum absolute atomic E-state index is 0.0657. The highest BCUT2D eigenvalue weighted by Crippen LogP contribution is 2.38. The number of thioether (sulfide) groups is 1. The van der Waals surface area contributed by atoms with Crippen molar-refractivity contribution in [3.63, 3.8) is 0 Å². The van der Waals surface area contributed by atoms with E-state index in [1.807, 2.05) is 13.1 Å². The molecular formula is C29H37ClN4O2S. The van der Waals surface area contributed by atoms with Crippen molar-refractivity contribution in [1.82, 2.24) is 15.6 Å². The van der Waals surface area contributed by atoms with Gasteiger partial charge < -0.3 is 20.9 Å². The lowest BCUT2D eigenvalue weighted by Crippen LogP contribution is -2.34. The summed E-state index contributed by atoms with van der Waals surface area (Å²) in [5, 5.41) is 11.1. The van der Waals surface area contributed by atoms with Crippen molar-refractivity contribution in [2.45, 2.75) is 69.4 Å². The fraction of sp³-hybridized carbons (Fsp3) is 0.448. The van der Waals surface area contributed by atoms with Gasteiger partial charge in [-0.25, -0.2) is 0 Å². The van der Waals surface area contributed by atoms with Crippen LogP contribution in [0.15, 0.2) is 40.0 Å². The Labute approximate surface area is 228 Å². The molecule has 1 amide bonds. The van der Waals surface area contributed by atoms with Crippen molar-refractivity contribution in [3.05, 3.63) is 56.8 Å². The van der Waals surface area contributed by atoms with Crippen LogP contribution >= 0.6 is 23.4 Å². The number of pyridine rings is 1. The number of anilines is 1. The molecule has 6 nitrogen and oxygen atoms in total. The number of rotatable bonds is 8. The van der Waals surface area contributed by atoms with Crippen LogP contribution in [-0.2, 0) is 4.79 Å². The summed E-state index contributed by atoms with van der Waals surface area (Å²) >= 11 is 8.20. The van der Waals surface area contributed by atoms with Crippen LogP contribution in [0.4, 0.5) is 5.69 Å². The van der Waals surface area contributed by atoms with E-state index in [1.54, 1.807) is 11.8 Å². The smallest absolute Gasteiger partial charge is 0.257 e. The van der Waals surface area contributed by atoms with Gasteiger partial charge in [-0.15, -0.1) is 11.8 Å². The molecule has 1 aliphatic heterocycles. The first kappa shape index (κ1) is 27.6. The first-order valence-electron chi connectivity index (χ1n) is 13.1. The van der Waals surface area contributed by atoms with Crippen molar-refractivity contribution in [3.8, 4) is 11.1 Å². The van der Waals surface area contributed by atoms with Crippen LogP contribution in [0.5, 0.6) is 0 Å². The zero-order chi connectivity index (χ0) is 26.4. The van der Waals surface area contributed by atoms with Crippen molar-refractivity contribution >= 4 is 46.4 Å². The maximum atomic E-state index is 13.3. The summed E-state index contributed by atoms with van der Waals surface area (Å²) in [5.41, 5.74) is 5.62. The minimum atomic E-state index is -0.0657. The monoisotopic (exact) mass is 540 g/mol. The molecule has 8 heteroatoms. The van der Waals surface area contributed by atoms with E-state index in [0.29, 0.717) is 17.1 Å². The van der Waals surface area contributed by atoms with Crippen LogP contribution in [0.2, 0.25) is 5.02 Å². The van der Waals surface area contributed by atoms with Gasteiger partial charge in [0.2, 0.25) is 6.41 Å². The fourth-order valence-corrected chi connectivity index (χ4v) is 6.37. The third-order valence-corrected chi connectivity index (χ3v) is 8.31. The summed E-state index contributed by atoms with van der Waals surface area (Å²) in [7, 11) is 1.87. The lowest BCUT2D eigenvalue weighted by molar-refractivity contribution is -0.109. The maximum absolute atomic E-state index is 13.3. The number of aromatic nitrogens is 1. The largest absolute Gasteiger partial charge is 0.387 e. The van der Waals surface area contributed by atoms with E-state index in [9.17, 15) is 9.59 Å². The van der Waals surface area contributed by atoms with Crippen molar-refractivity contribution in [1.29, 1.82) is 0 Å². The van der Waals surface area contributed by atoms with Crippen LogP contribution in [0.25, 0.3) is 22.0 Å². The van der Waals surface area contributed by atoms with E-state index in [2.05, 4.69) is 59.0 Å². The van der Waals surface area contributed by atoms with Crippen LogP contribution in [0, 0.1) is 13.8 Å². The number of carbonyl (C=O) groups is 1. The second-order valence-electron chi connectivity index (χ2n) is 10.0. The van der Waals surface area contributed by atoms with Crippen LogP contribution in [0.1, 0.15) is 49.7 Å². The Morgan fingerprint density at radius 2 is 1.84 bits per heavy atom. The number of hydrogen-bond donors (Lipinski definition) is 4. The molecule has 5 rings (SSSR count). The number of nitrogens with one attached hydrogen (secondary N) is 4. The Morgan fingerprint density at radius 1 is 1.08 bits per heavy atom. The van der Waals surface area contributed by atoms with Gasteiger partial charge in [-0.1, -0.05) is 47.3 Å². The van der Waals surface area contributed by atoms with Gasteiger partial charge in [-0.3, -0.25) is 9.59 Å². The van der Waals surface area contributed by atoms with Gasteiger partial charge in [-0.05, 0) is 75.9 Å². The first-order chi connectivity index (χ1) is 17.9. The minimum Gasteiger partial charge on any atom is -0.387 e. The molecule has 2 fully saturated rings. The lowest BCUT2D eigenvalue weighted by atomic mass is 10.00. The molecule has 0 spiro atoms. The van der Waals surface area contributed by atoms with E-state index in [1.165, 1.54) is 32.1 Å².